The zero-order valence-corrected chi connectivity index (χ0v) is 14.4. The molecule has 0 aliphatic rings. The molecule has 2 atom stereocenters. The Kier molecular flexibility index (Phi) is 7.49. The Morgan fingerprint density at radius 2 is 1.69 bits per heavy atom. The van der Waals surface area contributed by atoms with Crippen LogP contribution in [0.25, 0.3) is 0 Å². The number of hydrogen-bond donors (Lipinski definition) is 1. The summed E-state index contributed by atoms with van der Waals surface area (Å²) in [6.45, 7) is 1.84. The fraction of sp³-hybridized carbons (Fsp3) is 0.588. The smallest absolute Gasteiger partial charge is 0.417 e. The second-order valence-corrected chi connectivity index (χ2v) is 6.05. The Bertz CT molecular complexity index is 612. The molecule has 0 aromatic heterocycles. The number of nitrogens with two attached hydrogens (primary N) is 1. The molecule has 26 heavy (non-hydrogen) atoms. The third kappa shape index (κ3) is 6.19. The molecule has 1 rings (SSSR count). The Morgan fingerprint density at radius 1 is 1.12 bits per heavy atom. The lowest BCUT2D eigenvalue weighted by atomic mass is 9.90. The first kappa shape index (κ1) is 22.3. The molecule has 0 saturated heterocycles. The number of rotatable bonds is 7. The van der Waals surface area contributed by atoms with Crippen LogP contribution >= 0.6 is 0 Å². The monoisotopic (exact) mass is 385 g/mol. The number of hydrogen-bond acceptors (Lipinski definition) is 3. The minimum Gasteiger partial charge on any atom is -0.468 e. The van der Waals surface area contributed by atoms with Crippen molar-refractivity contribution in [3.63, 3.8) is 0 Å². The second kappa shape index (κ2) is 8.75. The van der Waals surface area contributed by atoms with Gasteiger partial charge in [0.2, 0.25) is 0 Å². The van der Waals surface area contributed by atoms with E-state index < -0.39 is 35.5 Å². The van der Waals surface area contributed by atoms with Crippen molar-refractivity contribution in [2.75, 3.05) is 7.11 Å². The number of alkyl halides is 6. The quantitative estimate of drug-likeness (QED) is 0.552. The van der Waals surface area contributed by atoms with Gasteiger partial charge in [-0.3, -0.25) is 4.79 Å². The highest BCUT2D eigenvalue weighted by atomic mass is 19.4. The topological polar surface area (TPSA) is 52.3 Å². The van der Waals surface area contributed by atoms with Gasteiger partial charge in [0.1, 0.15) is 6.04 Å². The molecule has 2 unspecified atom stereocenters. The molecule has 0 bridgehead atoms. The standard InChI is InChI=1S/C17H21F6NO2/c1-3-10(9-14(24)15(25)26-2)4-5-11-6-7-12(16(18,19)20)13(8-11)17(21,22)23/h6-8,10,14H,3-5,9,24H2,1-2H3. The van der Waals surface area contributed by atoms with E-state index in [1.54, 1.807) is 0 Å². The summed E-state index contributed by atoms with van der Waals surface area (Å²) in [5, 5.41) is 0. The van der Waals surface area contributed by atoms with Crippen LogP contribution in [-0.4, -0.2) is 19.1 Å². The average molecular weight is 385 g/mol. The summed E-state index contributed by atoms with van der Waals surface area (Å²) >= 11 is 0. The van der Waals surface area contributed by atoms with Crippen molar-refractivity contribution in [1.82, 2.24) is 0 Å². The number of benzene rings is 1. The van der Waals surface area contributed by atoms with Crippen LogP contribution in [-0.2, 0) is 28.3 Å². The van der Waals surface area contributed by atoms with E-state index in [0.29, 0.717) is 25.0 Å². The SMILES string of the molecule is CCC(CCc1ccc(C(F)(F)F)c(C(F)(F)F)c1)CC(N)C(=O)OC. The molecule has 2 N–H and O–H groups in total. The van der Waals surface area contributed by atoms with Crippen molar-refractivity contribution < 1.29 is 35.9 Å². The van der Waals surface area contributed by atoms with E-state index in [1.165, 1.54) is 7.11 Å². The molecular weight excluding hydrogens is 364 g/mol. The van der Waals surface area contributed by atoms with Gasteiger partial charge < -0.3 is 10.5 Å². The third-order valence-electron chi connectivity index (χ3n) is 4.20. The van der Waals surface area contributed by atoms with Crippen molar-refractivity contribution >= 4 is 5.97 Å². The van der Waals surface area contributed by atoms with Gasteiger partial charge in [0.05, 0.1) is 18.2 Å². The van der Waals surface area contributed by atoms with Crippen LogP contribution in [0, 0.1) is 5.92 Å². The fourth-order valence-electron chi connectivity index (χ4n) is 2.69. The number of esters is 1. The van der Waals surface area contributed by atoms with Crippen LogP contribution in [0.4, 0.5) is 26.3 Å². The lowest BCUT2D eigenvalue weighted by Gasteiger charge is -2.19. The van der Waals surface area contributed by atoms with Gasteiger partial charge in [-0.2, -0.15) is 26.3 Å². The molecule has 0 saturated carbocycles. The van der Waals surface area contributed by atoms with Crippen LogP contribution < -0.4 is 5.73 Å². The highest BCUT2D eigenvalue weighted by Crippen LogP contribution is 2.40. The predicted octanol–water partition coefficient (Wildman–Crippen LogP) is 4.57. The molecule has 3 nitrogen and oxygen atoms in total. The lowest BCUT2D eigenvalue weighted by Crippen LogP contribution is -2.33. The number of carbonyl (C=O) groups excluding carboxylic acids is 1. The van der Waals surface area contributed by atoms with Gasteiger partial charge in [0, 0.05) is 0 Å². The summed E-state index contributed by atoms with van der Waals surface area (Å²) in [5.74, 6) is -0.655. The van der Waals surface area contributed by atoms with Crippen LogP contribution in [0.5, 0.6) is 0 Å². The zero-order chi connectivity index (χ0) is 20.1. The van der Waals surface area contributed by atoms with Crippen molar-refractivity contribution in [1.29, 1.82) is 0 Å². The normalized spacial score (nSPS) is 14.8. The molecule has 148 valence electrons. The maximum atomic E-state index is 13.0. The van der Waals surface area contributed by atoms with Crippen LogP contribution in [0.1, 0.15) is 42.9 Å². The van der Waals surface area contributed by atoms with Gasteiger partial charge in [-0.1, -0.05) is 19.4 Å². The number of aryl methyl sites for hydroxylation is 1. The van der Waals surface area contributed by atoms with E-state index >= 15 is 0 Å². The zero-order valence-electron chi connectivity index (χ0n) is 14.4. The molecular formula is C17H21F6NO2. The summed E-state index contributed by atoms with van der Waals surface area (Å²) in [6.07, 6.45) is -8.73. The molecule has 0 fully saturated rings. The summed E-state index contributed by atoms with van der Waals surface area (Å²) in [4.78, 5) is 11.3. The van der Waals surface area contributed by atoms with E-state index in [0.717, 1.165) is 6.07 Å². The number of halogens is 6. The molecule has 1 aromatic rings. The molecule has 0 amide bonds. The van der Waals surface area contributed by atoms with E-state index in [2.05, 4.69) is 4.74 Å². The van der Waals surface area contributed by atoms with Crippen molar-refractivity contribution in [3.8, 4) is 0 Å². The van der Waals surface area contributed by atoms with E-state index in [9.17, 15) is 31.1 Å². The Morgan fingerprint density at radius 3 is 2.15 bits per heavy atom. The first-order valence-electron chi connectivity index (χ1n) is 8.00. The van der Waals surface area contributed by atoms with Crippen LogP contribution in [0.15, 0.2) is 18.2 Å². The highest BCUT2D eigenvalue weighted by Gasteiger charge is 2.43. The molecule has 9 heteroatoms. The van der Waals surface area contributed by atoms with Gasteiger partial charge in [-0.05, 0) is 42.9 Å². The summed E-state index contributed by atoms with van der Waals surface area (Å²) in [6, 6.07) is 1.20. The fourth-order valence-corrected chi connectivity index (χ4v) is 2.69. The Balaban J connectivity index is 2.92. The average Bonchev–Trinajstić information content (AvgIpc) is 2.55. The minimum atomic E-state index is -5.10. The third-order valence-corrected chi connectivity index (χ3v) is 4.20. The van der Waals surface area contributed by atoms with Gasteiger partial charge in [0.15, 0.2) is 0 Å². The summed E-state index contributed by atoms with van der Waals surface area (Å²) in [5.41, 5.74) is 2.43. The molecule has 0 spiro atoms. The van der Waals surface area contributed by atoms with E-state index in [-0.39, 0.29) is 24.3 Å². The Labute approximate surface area is 147 Å². The number of carbonyl (C=O) groups is 1. The van der Waals surface area contributed by atoms with Gasteiger partial charge in [-0.15, -0.1) is 0 Å². The van der Waals surface area contributed by atoms with Gasteiger partial charge >= 0.3 is 18.3 Å². The van der Waals surface area contributed by atoms with Crippen molar-refractivity contribution in [3.05, 3.63) is 34.9 Å². The van der Waals surface area contributed by atoms with E-state index in [4.69, 9.17) is 5.73 Å². The summed E-state index contributed by atoms with van der Waals surface area (Å²) < 4.78 is 81.7. The van der Waals surface area contributed by atoms with Crippen molar-refractivity contribution in [2.24, 2.45) is 11.7 Å². The second-order valence-electron chi connectivity index (χ2n) is 6.05. The van der Waals surface area contributed by atoms with Gasteiger partial charge in [0.25, 0.3) is 0 Å². The number of ether oxygens (including phenoxy) is 1. The predicted molar refractivity (Wildman–Crippen MR) is 83.2 cm³/mol. The molecule has 1 aromatic carbocycles. The van der Waals surface area contributed by atoms with Crippen LogP contribution in [0.3, 0.4) is 0 Å². The summed E-state index contributed by atoms with van der Waals surface area (Å²) in [7, 11) is 1.20. The first-order chi connectivity index (χ1) is 11.9. The molecule has 0 aliphatic heterocycles. The van der Waals surface area contributed by atoms with E-state index in [1.807, 2.05) is 6.92 Å². The maximum absolute atomic E-state index is 13.0. The van der Waals surface area contributed by atoms with Crippen molar-refractivity contribution in [2.45, 2.75) is 51.0 Å². The Hall–Kier alpha value is -1.77. The molecule has 0 aliphatic carbocycles. The minimum absolute atomic E-state index is 0.0688. The first-order valence-corrected chi connectivity index (χ1v) is 8.00. The molecule has 0 heterocycles. The van der Waals surface area contributed by atoms with Gasteiger partial charge in [-0.25, -0.2) is 0 Å². The van der Waals surface area contributed by atoms with Crippen LogP contribution in [0.2, 0.25) is 0 Å². The molecule has 0 radical (unpaired) electrons. The maximum Gasteiger partial charge on any atom is 0.417 e. The number of methoxy groups -OCH3 is 1. The largest absolute Gasteiger partial charge is 0.468 e. The lowest BCUT2D eigenvalue weighted by molar-refractivity contribution is -0.162. The highest BCUT2D eigenvalue weighted by molar-refractivity contribution is 5.75.